The van der Waals surface area contributed by atoms with Gasteiger partial charge in [-0.2, -0.15) is 0 Å². The van der Waals surface area contributed by atoms with Gasteiger partial charge in [0.2, 0.25) is 0 Å². The lowest BCUT2D eigenvalue weighted by atomic mass is 10.1. The zero-order chi connectivity index (χ0) is 19.8. The SMILES string of the molecule is O=S(=O)(Cc1ccc2[nH]c3nccc(N4CCNCC4)c3c2c1)c1ccccc1. The number of aromatic nitrogens is 2. The highest BCUT2D eigenvalue weighted by Crippen LogP contribution is 2.33. The van der Waals surface area contributed by atoms with Crippen molar-refractivity contribution in [2.24, 2.45) is 0 Å². The standard InChI is InChI=1S/C22H22N4O2S/c27-29(28,17-4-2-1-3-5-17)15-16-6-7-19-18(14-16)21-20(8-9-24-22(21)25-19)26-12-10-23-11-13-26/h1-9,14,23H,10-13,15H2,(H,24,25). The summed E-state index contributed by atoms with van der Waals surface area (Å²) in [5, 5.41) is 5.46. The van der Waals surface area contributed by atoms with Crippen molar-refractivity contribution in [3.05, 3.63) is 66.4 Å². The second-order valence-corrected chi connectivity index (χ2v) is 9.36. The van der Waals surface area contributed by atoms with Gasteiger partial charge in [0.1, 0.15) is 5.65 Å². The first-order valence-electron chi connectivity index (χ1n) is 9.75. The maximum atomic E-state index is 12.8. The highest BCUT2D eigenvalue weighted by molar-refractivity contribution is 7.90. The van der Waals surface area contributed by atoms with Crippen molar-refractivity contribution in [3.8, 4) is 0 Å². The van der Waals surface area contributed by atoms with Gasteiger partial charge in [-0.3, -0.25) is 0 Å². The number of nitrogens with one attached hydrogen (secondary N) is 2. The minimum Gasteiger partial charge on any atom is -0.368 e. The molecule has 2 aromatic carbocycles. The van der Waals surface area contributed by atoms with E-state index in [0.29, 0.717) is 4.90 Å². The Balaban J connectivity index is 1.60. The van der Waals surface area contributed by atoms with Gasteiger partial charge in [0, 0.05) is 48.7 Å². The van der Waals surface area contributed by atoms with Crippen molar-refractivity contribution in [2.45, 2.75) is 10.6 Å². The van der Waals surface area contributed by atoms with E-state index in [1.807, 2.05) is 36.5 Å². The molecule has 0 unspecified atom stereocenters. The third kappa shape index (κ3) is 3.36. The molecule has 2 N–H and O–H groups in total. The van der Waals surface area contributed by atoms with Gasteiger partial charge in [-0.25, -0.2) is 13.4 Å². The Morgan fingerprint density at radius 3 is 2.59 bits per heavy atom. The Morgan fingerprint density at radius 1 is 1.00 bits per heavy atom. The van der Waals surface area contributed by atoms with Gasteiger partial charge >= 0.3 is 0 Å². The summed E-state index contributed by atoms with van der Waals surface area (Å²) in [6.45, 7) is 3.78. The van der Waals surface area contributed by atoms with E-state index in [2.05, 4.69) is 20.2 Å². The van der Waals surface area contributed by atoms with Crippen LogP contribution >= 0.6 is 0 Å². The molecule has 6 nitrogen and oxygen atoms in total. The molecule has 0 spiro atoms. The van der Waals surface area contributed by atoms with Crippen LogP contribution in [0, 0.1) is 0 Å². The fourth-order valence-corrected chi connectivity index (χ4v) is 5.39. The van der Waals surface area contributed by atoms with Gasteiger partial charge < -0.3 is 15.2 Å². The molecule has 0 radical (unpaired) electrons. The monoisotopic (exact) mass is 406 g/mol. The predicted molar refractivity (Wildman–Crippen MR) is 116 cm³/mol. The number of benzene rings is 2. The van der Waals surface area contributed by atoms with Crippen LogP contribution in [0.5, 0.6) is 0 Å². The summed E-state index contributed by atoms with van der Waals surface area (Å²) in [5.74, 6) is -0.0249. The summed E-state index contributed by atoms with van der Waals surface area (Å²) >= 11 is 0. The van der Waals surface area contributed by atoms with Crippen LogP contribution in [0.25, 0.3) is 21.9 Å². The molecule has 0 bridgehead atoms. The first-order chi connectivity index (χ1) is 14.1. The molecule has 1 aliphatic rings. The van der Waals surface area contributed by atoms with Crippen molar-refractivity contribution in [2.75, 3.05) is 31.1 Å². The Kier molecular flexibility index (Phi) is 4.49. The minimum absolute atomic E-state index is 0.0249. The molecule has 0 atom stereocenters. The number of sulfone groups is 1. The normalized spacial score (nSPS) is 15.2. The number of aromatic amines is 1. The number of fused-ring (bicyclic) bond motifs is 3. The largest absolute Gasteiger partial charge is 0.368 e. The van der Waals surface area contributed by atoms with E-state index in [-0.39, 0.29) is 5.75 Å². The highest BCUT2D eigenvalue weighted by Gasteiger charge is 2.19. The Morgan fingerprint density at radius 2 is 1.79 bits per heavy atom. The number of hydrogen-bond donors (Lipinski definition) is 2. The Bertz CT molecular complexity index is 1280. The molecule has 0 saturated carbocycles. The summed E-state index contributed by atoms with van der Waals surface area (Å²) < 4.78 is 25.6. The van der Waals surface area contributed by atoms with Crippen LogP contribution < -0.4 is 10.2 Å². The van der Waals surface area contributed by atoms with Crippen LogP contribution in [0.2, 0.25) is 0 Å². The van der Waals surface area contributed by atoms with Crippen LogP contribution in [-0.4, -0.2) is 44.6 Å². The fourth-order valence-electron chi connectivity index (χ4n) is 4.04. The first-order valence-corrected chi connectivity index (χ1v) is 11.4. The summed E-state index contributed by atoms with van der Waals surface area (Å²) in [7, 11) is -3.39. The summed E-state index contributed by atoms with van der Waals surface area (Å²) in [4.78, 5) is 10.6. The molecule has 3 heterocycles. The lowest BCUT2D eigenvalue weighted by Crippen LogP contribution is -2.43. The summed E-state index contributed by atoms with van der Waals surface area (Å²) in [5.41, 5.74) is 3.72. The molecule has 4 aromatic rings. The molecular weight excluding hydrogens is 384 g/mol. The van der Waals surface area contributed by atoms with Crippen molar-refractivity contribution in [1.82, 2.24) is 15.3 Å². The molecule has 0 aliphatic carbocycles. The lowest BCUT2D eigenvalue weighted by Gasteiger charge is -2.30. The van der Waals surface area contributed by atoms with Crippen LogP contribution in [0.4, 0.5) is 5.69 Å². The third-order valence-corrected chi connectivity index (χ3v) is 7.16. The number of pyridine rings is 1. The van der Waals surface area contributed by atoms with Gasteiger partial charge in [0.05, 0.1) is 16.3 Å². The maximum Gasteiger partial charge on any atom is 0.182 e. The molecule has 148 valence electrons. The quantitative estimate of drug-likeness (QED) is 0.545. The maximum absolute atomic E-state index is 12.8. The van der Waals surface area contributed by atoms with Gasteiger partial charge in [-0.05, 0) is 35.9 Å². The molecule has 5 rings (SSSR count). The molecule has 1 saturated heterocycles. The predicted octanol–water partition coefficient (Wildman–Crippen LogP) is 3.10. The second-order valence-electron chi connectivity index (χ2n) is 7.37. The van der Waals surface area contributed by atoms with Crippen molar-refractivity contribution in [3.63, 3.8) is 0 Å². The Hall–Kier alpha value is -2.90. The lowest BCUT2D eigenvalue weighted by molar-refractivity contribution is 0.590. The number of nitrogens with zero attached hydrogens (tertiary/aromatic N) is 2. The van der Waals surface area contributed by atoms with Crippen LogP contribution in [0.3, 0.4) is 0 Å². The zero-order valence-corrected chi connectivity index (χ0v) is 16.7. The topological polar surface area (TPSA) is 78.1 Å². The molecule has 7 heteroatoms. The Labute approximate surface area is 169 Å². The molecule has 1 fully saturated rings. The van der Waals surface area contributed by atoms with E-state index in [9.17, 15) is 8.42 Å². The number of piperazine rings is 1. The number of H-pyrrole nitrogens is 1. The zero-order valence-electron chi connectivity index (χ0n) is 15.9. The summed E-state index contributed by atoms with van der Waals surface area (Å²) in [6.07, 6.45) is 1.83. The molecular formula is C22H22N4O2S. The number of rotatable bonds is 4. The smallest absolute Gasteiger partial charge is 0.182 e. The van der Waals surface area contributed by atoms with Crippen LogP contribution in [0.1, 0.15) is 5.56 Å². The van der Waals surface area contributed by atoms with Crippen molar-refractivity contribution < 1.29 is 8.42 Å². The van der Waals surface area contributed by atoms with E-state index in [1.54, 1.807) is 24.3 Å². The molecule has 0 amide bonds. The van der Waals surface area contributed by atoms with Gasteiger partial charge in [0.25, 0.3) is 0 Å². The highest BCUT2D eigenvalue weighted by atomic mass is 32.2. The van der Waals surface area contributed by atoms with Gasteiger partial charge in [-0.1, -0.05) is 24.3 Å². The van der Waals surface area contributed by atoms with Crippen LogP contribution in [-0.2, 0) is 15.6 Å². The number of anilines is 1. The van der Waals surface area contributed by atoms with Crippen molar-refractivity contribution >= 4 is 37.5 Å². The molecule has 29 heavy (non-hydrogen) atoms. The first kappa shape index (κ1) is 18.1. The third-order valence-electron chi connectivity index (χ3n) is 5.45. The summed E-state index contributed by atoms with van der Waals surface area (Å²) in [6, 6.07) is 16.5. The average molecular weight is 407 g/mol. The van der Waals surface area contributed by atoms with Crippen LogP contribution in [0.15, 0.2) is 65.7 Å². The minimum atomic E-state index is -3.39. The second kappa shape index (κ2) is 7.17. The van der Waals surface area contributed by atoms with E-state index in [0.717, 1.165) is 59.4 Å². The van der Waals surface area contributed by atoms with E-state index < -0.39 is 9.84 Å². The van der Waals surface area contributed by atoms with E-state index in [4.69, 9.17) is 0 Å². The van der Waals surface area contributed by atoms with E-state index in [1.165, 1.54) is 0 Å². The van der Waals surface area contributed by atoms with E-state index >= 15 is 0 Å². The van der Waals surface area contributed by atoms with Crippen molar-refractivity contribution in [1.29, 1.82) is 0 Å². The molecule has 2 aromatic heterocycles. The van der Waals surface area contributed by atoms with Gasteiger partial charge in [-0.15, -0.1) is 0 Å². The molecule has 1 aliphatic heterocycles. The average Bonchev–Trinajstić information content (AvgIpc) is 3.13. The fraction of sp³-hybridized carbons (Fsp3) is 0.227. The van der Waals surface area contributed by atoms with Gasteiger partial charge in [0.15, 0.2) is 9.84 Å². The number of hydrogen-bond acceptors (Lipinski definition) is 5.